The van der Waals surface area contributed by atoms with Crippen molar-refractivity contribution in [3.8, 4) is 0 Å². The Bertz CT molecular complexity index is 566. The normalized spacial score (nSPS) is 21.7. The molecule has 1 aliphatic rings. The van der Waals surface area contributed by atoms with Crippen molar-refractivity contribution < 1.29 is 13.5 Å². The Balaban J connectivity index is 1.73. The maximum absolute atomic E-state index is 14.2. The van der Waals surface area contributed by atoms with Gasteiger partial charge in [0.05, 0.1) is 6.61 Å². The van der Waals surface area contributed by atoms with Crippen molar-refractivity contribution in [2.75, 3.05) is 0 Å². The molecule has 0 atom stereocenters. The van der Waals surface area contributed by atoms with Gasteiger partial charge in [-0.2, -0.15) is 8.78 Å². The van der Waals surface area contributed by atoms with Gasteiger partial charge in [-0.25, -0.2) is 0 Å². The maximum atomic E-state index is 14.2. The van der Waals surface area contributed by atoms with Crippen LogP contribution in [0.15, 0.2) is 42.5 Å². The lowest BCUT2D eigenvalue weighted by Gasteiger charge is -2.30. The molecular weight excluding hydrogens is 330 g/mol. The van der Waals surface area contributed by atoms with E-state index in [1.165, 1.54) is 6.42 Å². The van der Waals surface area contributed by atoms with Crippen molar-refractivity contribution >= 4 is 6.08 Å². The molecule has 2 rings (SSSR count). The van der Waals surface area contributed by atoms with Gasteiger partial charge in [0, 0.05) is 6.42 Å². The predicted octanol–water partition coefficient (Wildman–Crippen LogP) is 7.38. The molecule has 0 amide bonds. The molecule has 0 saturated heterocycles. The second kappa shape index (κ2) is 10.6. The van der Waals surface area contributed by atoms with Crippen LogP contribution in [0.1, 0.15) is 69.9 Å². The summed E-state index contributed by atoms with van der Waals surface area (Å²) in [6, 6.07) is 7.54. The molecule has 1 nitrogen and oxygen atoms in total. The molecule has 0 aromatic heterocycles. The fraction of sp³-hybridized carbons (Fsp3) is 0.565. The summed E-state index contributed by atoms with van der Waals surface area (Å²) in [6.45, 7) is 3.95. The van der Waals surface area contributed by atoms with E-state index in [-0.39, 0.29) is 18.9 Å². The average molecular weight is 363 g/mol. The van der Waals surface area contributed by atoms with Crippen LogP contribution in [0.4, 0.5) is 8.78 Å². The van der Waals surface area contributed by atoms with Gasteiger partial charge in [0.2, 0.25) is 0 Å². The summed E-state index contributed by atoms with van der Waals surface area (Å²) in [5, 5.41) is 0. The lowest BCUT2D eigenvalue weighted by molar-refractivity contribution is -0.256. The third-order valence-corrected chi connectivity index (χ3v) is 5.26. The number of ether oxygens (including phenoxy) is 1. The topological polar surface area (TPSA) is 9.23 Å². The largest absolute Gasteiger partial charge is 0.356 e. The van der Waals surface area contributed by atoms with Crippen LogP contribution in [0.3, 0.4) is 0 Å². The molecule has 1 fully saturated rings. The Kier molecular flexibility index (Phi) is 8.50. The minimum Gasteiger partial charge on any atom is -0.316 e. The number of rotatable bonds is 9. The second-order valence-corrected chi connectivity index (χ2v) is 7.40. The van der Waals surface area contributed by atoms with Gasteiger partial charge in [-0.15, -0.1) is 0 Å². The smallest absolute Gasteiger partial charge is 0.316 e. The quantitative estimate of drug-likeness (QED) is 0.416. The summed E-state index contributed by atoms with van der Waals surface area (Å²) < 4.78 is 33.4. The Hall–Kier alpha value is -1.48. The molecule has 1 saturated carbocycles. The first-order chi connectivity index (χ1) is 12.5. The molecule has 1 aromatic carbocycles. The van der Waals surface area contributed by atoms with E-state index >= 15 is 0 Å². The summed E-state index contributed by atoms with van der Waals surface area (Å²) in [5.74, 6) is 0.785. The zero-order chi connectivity index (χ0) is 18.8. The third-order valence-electron chi connectivity index (χ3n) is 5.26. The fourth-order valence-electron chi connectivity index (χ4n) is 3.72. The van der Waals surface area contributed by atoms with Crippen LogP contribution in [-0.4, -0.2) is 6.11 Å². The number of allylic oxidation sites excluding steroid dienone is 3. The van der Waals surface area contributed by atoms with Crippen LogP contribution < -0.4 is 0 Å². The maximum Gasteiger partial charge on any atom is 0.356 e. The van der Waals surface area contributed by atoms with E-state index in [1.807, 2.05) is 50.3 Å². The molecule has 0 aliphatic heterocycles. The van der Waals surface area contributed by atoms with Crippen LogP contribution >= 0.6 is 0 Å². The highest BCUT2D eigenvalue weighted by atomic mass is 19.3. The Labute approximate surface area is 157 Å². The van der Waals surface area contributed by atoms with Gasteiger partial charge in [0.1, 0.15) is 0 Å². The van der Waals surface area contributed by atoms with Crippen molar-refractivity contribution in [3.63, 3.8) is 0 Å². The van der Waals surface area contributed by atoms with Crippen LogP contribution in [0.25, 0.3) is 6.08 Å². The molecule has 3 heteroatoms. The number of halogens is 2. The van der Waals surface area contributed by atoms with Crippen LogP contribution in [0.5, 0.6) is 0 Å². The minimum atomic E-state index is -3.04. The molecule has 0 N–H and O–H groups in total. The SMILES string of the molecule is C/C=C/CCC1CCC(CC(F)(F)OCc2ccc(/C=C/C)cc2)CC1. The molecule has 0 heterocycles. The van der Waals surface area contributed by atoms with E-state index in [0.717, 1.165) is 43.2 Å². The van der Waals surface area contributed by atoms with Crippen molar-refractivity contribution in [2.45, 2.75) is 71.5 Å². The molecule has 0 unspecified atom stereocenters. The first kappa shape index (κ1) is 20.8. The number of hydrogen-bond donors (Lipinski definition) is 0. The van der Waals surface area contributed by atoms with Gasteiger partial charge in [-0.3, -0.25) is 0 Å². The Morgan fingerprint density at radius 2 is 1.65 bits per heavy atom. The van der Waals surface area contributed by atoms with E-state index in [0.29, 0.717) is 5.92 Å². The minimum absolute atomic E-state index is 0.0399. The Morgan fingerprint density at radius 3 is 2.27 bits per heavy atom. The molecule has 26 heavy (non-hydrogen) atoms. The first-order valence-corrected chi connectivity index (χ1v) is 9.87. The van der Waals surface area contributed by atoms with E-state index < -0.39 is 6.11 Å². The van der Waals surface area contributed by atoms with E-state index in [4.69, 9.17) is 4.74 Å². The molecule has 1 aromatic rings. The number of hydrogen-bond acceptors (Lipinski definition) is 1. The van der Waals surface area contributed by atoms with Crippen molar-refractivity contribution in [1.29, 1.82) is 0 Å². The third kappa shape index (κ3) is 7.41. The summed E-state index contributed by atoms with van der Waals surface area (Å²) in [6.07, 6.45) is 11.3. The van der Waals surface area contributed by atoms with Crippen molar-refractivity contribution in [3.05, 3.63) is 53.6 Å². The zero-order valence-corrected chi connectivity index (χ0v) is 16.1. The molecule has 144 valence electrons. The average Bonchev–Trinajstić information content (AvgIpc) is 2.63. The molecule has 0 radical (unpaired) electrons. The van der Waals surface area contributed by atoms with E-state index in [2.05, 4.69) is 12.2 Å². The highest BCUT2D eigenvalue weighted by Gasteiger charge is 2.35. The van der Waals surface area contributed by atoms with Gasteiger partial charge >= 0.3 is 6.11 Å². The lowest BCUT2D eigenvalue weighted by Crippen LogP contribution is -2.27. The number of alkyl halides is 2. The second-order valence-electron chi connectivity index (χ2n) is 7.40. The number of benzene rings is 1. The lowest BCUT2D eigenvalue weighted by atomic mass is 9.78. The fourth-order valence-corrected chi connectivity index (χ4v) is 3.72. The predicted molar refractivity (Wildman–Crippen MR) is 105 cm³/mol. The summed E-state index contributed by atoms with van der Waals surface area (Å²) >= 11 is 0. The molecule has 0 bridgehead atoms. The standard InChI is InChI=1S/C23H32F2O/c1-3-5-6-8-20-9-13-21(14-10-20)17-23(24,25)26-18-22-15-11-19(7-4-2)12-16-22/h3-5,7,11-12,15-16,20-21H,6,8-10,13-14,17-18H2,1-2H3/b5-3+,7-4+. The van der Waals surface area contributed by atoms with Crippen LogP contribution in [-0.2, 0) is 11.3 Å². The van der Waals surface area contributed by atoms with Crippen LogP contribution in [0.2, 0.25) is 0 Å². The van der Waals surface area contributed by atoms with Gasteiger partial charge in [-0.05, 0) is 62.5 Å². The summed E-state index contributed by atoms with van der Waals surface area (Å²) in [5.41, 5.74) is 1.85. The van der Waals surface area contributed by atoms with Gasteiger partial charge in [0.25, 0.3) is 0 Å². The van der Waals surface area contributed by atoms with Gasteiger partial charge in [0.15, 0.2) is 0 Å². The molecule has 1 aliphatic carbocycles. The molecular formula is C23H32F2O. The van der Waals surface area contributed by atoms with Crippen molar-refractivity contribution in [1.82, 2.24) is 0 Å². The monoisotopic (exact) mass is 362 g/mol. The Morgan fingerprint density at radius 1 is 1.00 bits per heavy atom. The summed E-state index contributed by atoms with van der Waals surface area (Å²) in [7, 11) is 0. The van der Waals surface area contributed by atoms with Crippen molar-refractivity contribution in [2.24, 2.45) is 11.8 Å². The van der Waals surface area contributed by atoms with Gasteiger partial charge in [-0.1, -0.05) is 61.4 Å². The summed E-state index contributed by atoms with van der Waals surface area (Å²) in [4.78, 5) is 0. The zero-order valence-electron chi connectivity index (χ0n) is 16.1. The highest BCUT2D eigenvalue weighted by molar-refractivity contribution is 5.49. The molecule has 0 spiro atoms. The highest BCUT2D eigenvalue weighted by Crippen LogP contribution is 2.38. The first-order valence-electron chi connectivity index (χ1n) is 9.87. The van der Waals surface area contributed by atoms with Crippen LogP contribution in [0, 0.1) is 11.8 Å². The van der Waals surface area contributed by atoms with E-state index in [1.54, 1.807) is 0 Å². The van der Waals surface area contributed by atoms with Gasteiger partial charge < -0.3 is 4.74 Å². The van der Waals surface area contributed by atoms with E-state index in [9.17, 15) is 8.78 Å².